The first-order valence-electron chi connectivity index (χ1n) is 8.05. The van der Waals surface area contributed by atoms with E-state index in [9.17, 15) is 13.2 Å². The van der Waals surface area contributed by atoms with E-state index in [0.717, 1.165) is 34.0 Å². The second-order valence-corrected chi connectivity index (χ2v) is 7.18. The Bertz CT molecular complexity index is 930. The molecule has 0 saturated carbocycles. The van der Waals surface area contributed by atoms with Crippen LogP contribution in [-0.4, -0.2) is 5.71 Å². The zero-order valence-electron chi connectivity index (χ0n) is 13.5. The molecule has 0 bridgehead atoms. The maximum Gasteiger partial charge on any atom is 0.416 e. The first-order chi connectivity index (χ1) is 12.5. The first kappa shape index (κ1) is 17.0. The number of rotatable bonds is 2. The molecule has 0 unspecified atom stereocenters. The Kier molecular flexibility index (Phi) is 4.36. The van der Waals surface area contributed by atoms with Crippen LogP contribution in [0.15, 0.2) is 81.2 Å². The van der Waals surface area contributed by atoms with Crippen LogP contribution in [0.4, 0.5) is 18.9 Å². The predicted molar refractivity (Wildman–Crippen MR) is 96.0 cm³/mol. The Morgan fingerprint density at radius 1 is 0.962 bits per heavy atom. The van der Waals surface area contributed by atoms with Gasteiger partial charge in [-0.2, -0.15) is 13.2 Å². The molecule has 2 nitrogen and oxygen atoms in total. The fourth-order valence-corrected chi connectivity index (χ4v) is 4.11. The predicted octanol–water partition coefficient (Wildman–Crippen LogP) is 6.66. The molecule has 4 rings (SSSR count). The third-order valence-corrected chi connectivity index (χ3v) is 5.51. The van der Waals surface area contributed by atoms with Gasteiger partial charge in [-0.25, -0.2) is 4.99 Å². The van der Waals surface area contributed by atoms with E-state index in [1.807, 2.05) is 30.3 Å². The highest BCUT2D eigenvalue weighted by Gasteiger charge is 2.31. The maximum atomic E-state index is 12.8. The molecule has 2 heterocycles. The summed E-state index contributed by atoms with van der Waals surface area (Å²) in [6.45, 7) is 0. The topological polar surface area (TPSA) is 25.5 Å². The Labute approximate surface area is 152 Å². The van der Waals surface area contributed by atoms with Crippen molar-refractivity contribution in [3.63, 3.8) is 0 Å². The average molecular weight is 373 g/mol. The Morgan fingerprint density at radius 2 is 1.73 bits per heavy atom. The molecule has 1 aliphatic heterocycles. The van der Waals surface area contributed by atoms with Gasteiger partial charge < -0.3 is 4.42 Å². The molecule has 132 valence electrons. The molecule has 0 amide bonds. The summed E-state index contributed by atoms with van der Waals surface area (Å²) in [4.78, 5) is 5.74. The highest BCUT2D eigenvalue weighted by molar-refractivity contribution is 7.99. The number of hydrogen-bond acceptors (Lipinski definition) is 3. The number of alkyl halides is 3. The van der Waals surface area contributed by atoms with Gasteiger partial charge in [-0.15, -0.1) is 11.8 Å². The van der Waals surface area contributed by atoms with E-state index in [1.165, 1.54) is 0 Å². The molecule has 0 radical (unpaired) electrons. The number of fused-ring (bicyclic) bond motifs is 1. The molecule has 3 aromatic rings. The van der Waals surface area contributed by atoms with Gasteiger partial charge >= 0.3 is 6.18 Å². The van der Waals surface area contributed by atoms with Gasteiger partial charge in [-0.3, -0.25) is 0 Å². The van der Waals surface area contributed by atoms with E-state index in [-0.39, 0.29) is 5.25 Å². The lowest BCUT2D eigenvalue weighted by Gasteiger charge is -2.16. The second kappa shape index (κ2) is 6.68. The van der Waals surface area contributed by atoms with Gasteiger partial charge in [-0.1, -0.05) is 24.3 Å². The van der Waals surface area contributed by atoms with Crippen molar-refractivity contribution in [2.24, 2.45) is 4.99 Å². The lowest BCUT2D eigenvalue weighted by Crippen LogP contribution is -2.07. The van der Waals surface area contributed by atoms with Crippen LogP contribution in [0.5, 0.6) is 0 Å². The van der Waals surface area contributed by atoms with Crippen LogP contribution in [0.2, 0.25) is 0 Å². The smallest absolute Gasteiger partial charge is 0.416 e. The summed E-state index contributed by atoms with van der Waals surface area (Å²) >= 11 is 1.61. The minimum absolute atomic E-state index is 0.0511. The molecule has 6 heteroatoms. The normalized spacial score (nSPS) is 17.3. The number of nitrogens with zero attached hydrogens (tertiary/aromatic N) is 1. The van der Waals surface area contributed by atoms with Gasteiger partial charge in [0, 0.05) is 16.6 Å². The Balaban J connectivity index is 1.72. The third-order valence-electron chi connectivity index (χ3n) is 4.18. The van der Waals surface area contributed by atoms with Crippen LogP contribution >= 0.6 is 11.8 Å². The van der Waals surface area contributed by atoms with Crippen molar-refractivity contribution < 1.29 is 17.6 Å². The Morgan fingerprint density at radius 3 is 2.42 bits per heavy atom. The van der Waals surface area contributed by atoms with Crippen molar-refractivity contribution in [2.75, 3.05) is 0 Å². The molecule has 0 N–H and O–H groups in total. The molecule has 0 aliphatic carbocycles. The van der Waals surface area contributed by atoms with Crippen LogP contribution in [0.1, 0.15) is 28.6 Å². The highest BCUT2D eigenvalue weighted by Crippen LogP contribution is 2.45. The highest BCUT2D eigenvalue weighted by atomic mass is 32.2. The fraction of sp³-hybridized carbons (Fsp3) is 0.150. The number of benzene rings is 2. The second-order valence-electron chi connectivity index (χ2n) is 5.93. The lowest BCUT2D eigenvalue weighted by molar-refractivity contribution is -0.137. The number of para-hydroxylation sites is 1. The SMILES string of the molecule is FC(F)(F)c1ccc([C@@H]2CC(c3ccco3)=Nc3ccccc3S2)cc1. The quantitative estimate of drug-likeness (QED) is 0.502. The minimum Gasteiger partial charge on any atom is -0.463 e. The van der Waals surface area contributed by atoms with Crippen molar-refractivity contribution in [1.82, 2.24) is 0 Å². The van der Waals surface area contributed by atoms with Crippen molar-refractivity contribution in [3.05, 3.63) is 83.8 Å². The molecule has 26 heavy (non-hydrogen) atoms. The van der Waals surface area contributed by atoms with Gasteiger partial charge in [-0.05, 0) is 42.0 Å². The van der Waals surface area contributed by atoms with E-state index >= 15 is 0 Å². The summed E-state index contributed by atoms with van der Waals surface area (Å²) in [7, 11) is 0. The molecule has 1 aliphatic rings. The van der Waals surface area contributed by atoms with Gasteiger partial charge in [0.1, 0.15) is 5.76 Å². The summed E-state index contributed by atoms with van der Waals surface area (Å²) in [5, 5.41) is -0.0511. The number of furan rings is 1. The van der Waals surface area contributed by atoms with E-state index in [0.29, 0.717) is 12.2 Å². The van der Waals surface area contributed by atoms with Crippen molar-refractivity contribution in [3.8, 4) is 0 Å². The first-order valence-corrected chi connectivity index (χ1v) is 8.93. The molecular formula is C20H14F3NOS. The van der Waals surface area contributed by atoms with Gasteiger partial charge in [0.15, 0.2) is 0 Å². The van der Waals surface area contributed by atoms with E-state index < -0.39 is 11.7 Å². The molecule has 0 fully saturated rings. The standard InChI is InChI=1S/C20H14F3NOS/c21-20(22,23)14-9-7-13(8-10-14)19-12-16(17-5-3-11-25-17)24-15-4-1-2-6-18(15)26-19/h1-11,19H,12H2/t19-/m0/s1. The van der Waals surface area contributed by atoms with Crippen LogP contribution < -0.4 is 0 Å². The van der Waals surface area contributed by atoms with Gasteiger partial charge in [0.25, 0.3) is 0 Å². The summed E-state index contributed by atoms with van der Waals surface area (Å²) in [5.41, 5.74) is 1.83. The third kappa shape index (κ3) is 3.42. The molecular weight excluding hydrogens is 359 g/mol. The average Bonchev–Trinajstić information content (AvgIpc) is 3.09. The van der Waals surface area contributed by atoms with E-state index in [2.05, 4.69) is 0 Å². The summed E-state index contributed by atoms with van der Waals surface area (Å²) in [6, 6.07) is 16.8. The van der Waals surface area contributed by atoms with Crippen LogP contribution in [0.25, 0.3) is 0 Å². The summed E-state index contributed by atoms with van der Waals surface area (Å²) < 4.78 is 44.0. The van der Waals surface area contributed by atoms with Crippen LogP contribution in [0.3, 0.4) is 0 Å². The number of aliphatic imine (C=N–C) groups is 1. The number of hydrogen-bond donors (Lipinski definition) is 0. The molecule has 2 aromatic carbocycles. The Hall–Kier alpha value is -2.47. The summed E-state index contributed by atoms with van der Waals surface area (Å²) in [6.07, 6.45) is -2.17. The fourth-order valence-electron chi connectivity index (χ4n) is 2.88. The molecule has 1 aromatic heterocycles. The number of thioether (sulfide) groups is 1. The molecule has 1 atom stereocenters. The maximum absolute atomic E-state index is 12.8. The molecule has 0 saturated heterocycles. The van der Waals surface area contributed by atoms with Crippen molar-refractivity contribution in [1.29, 1.82) is 0 Å². The number of halogens is 3. The van der Waals surface area contributed by atoms with E-state index in [1.54, 1.807) is 36.2 Å². The van der Waals surface area contributed by atoms with Crippen molar-refractivity contribution in [2.45, 2.75) is 22.7 Å². The zero-order chi connectivity index (χ0) is 18.1. The van der Waals surface area contributed by atoms with Gasteiger partial charge in [0.2, 0.25) is 0 Å². The van der Waals surface area contributed by atoms with Crippen LogP contribution in [-0.2, 0) is 6.18 Å². The molecule has 0 spiro atoms. The van der Waals surface area contributed by atoms with Gasteiger partial charge in [0.05, 0.1) is 23.2 Å². The monoisotopic (exact) mass is 373 g/mol. The lowest BCUT2D eigenvalue weighted by atomic mass is 10.0. The minimum atomic E-state index is -4.33. The zero-order valence-corrected chi connectivity index (χ0v) is 14.3. The van der Waals surface area contributed by atoms with Crippen LogP contribution in [0, 0.1) is 0 Å². The van der Waals surface area contributed by atoms with Crippen molar-refractivity contribution >= 4 is 23.2 Å². The summed E-state index contributed by atoms with van der Waals surface area (Å²) in [5.74, 6) is 0.680. The largest absolute Gasteiger partial charge is 0.463 e. The van der Waals surface area contributed by atoms with E-state index in [4.69, 9.17) is 9.41 Å².